The Labute approximate surface area is 96.9 Å². The number of aliphatic hydroxyl groups excluding tert-OH is 2. The van der Waals surface area contributed by atoms with Crippen molar-refractivity contribution in [1.82, 2.24) is 0 Å². The van der Waals surface area contributed by atoms with E-state index in [1.807, 2.05) is 20.8 Å². The van der Waals surface area contributed by atoms with Gasteiger partial charge in [-0.05, 0) is 12.3 Å². The van der Waals surface area contributed by atoms with Gasteiger partial charge in [-0.1, -0.05) is 27.2 Å². The molecule has 0 bridgehead atoms. The summed E-state index contributed by atoms with van der Waals surface area (Å²) in [6.45, 7) is 5.37. The smallest absolute Gasteiger partial charge is 0.313 e. The molecular weight excluding hydrogens is 208 g/mol. The standard InChI is InChI=1S/C12H22O4/c1-4-5-11(9(2)3)12(15)16-8-10(6-13)7-14/h8-9,11,13-14H,4-7H2,1-3H3. The van der Waals surface area contributed by atoms with Crippen molar-refractivity contribution in [1.29, 1.82) is 0 Å². The second kappa shape index (κ2) is 8.30. The van der Waals surface area contributed by atoms with E-state index >= 15 is 0 Å². The molecule has 0 amide bonds. The second-order valence-corrected chi connectivity index (χ2v) is 4.17. The van der Waals surface area contributed by atoms with Crippen LogP contribution in [-0.2, 0) is 9.53 Å². The zero-order valence-electron chi connectivity index (χ0n) is 10.3. The largest absolute Gasteiger partial charge is 0.434 e. The lowest BCUT2D eigenvalue weighted by atomic mass is 9.92. The van der Waals surface area contributed by atoms with Crippen LogP contribution in [0.1, 0.15) is 33.6 Å². The molecule has 0 rings (SSSR count). The van der Waals surface area contributed by atoms with Crippen LogP contribution in [0, 0.1) is 11.8 Å². The first-order chi connectivity index (χ1) is 7.56. The van der Waals surface area contributed by atoms with Gasteiger partial charge in [0.15, 0.2) is 0 Å². The predicted octanol–water partition coefficient (Wildman–Crippen LogP) is 1.47. The molecule has 1 atom stereocenters. The highest BCUT2D eigenvalue weighted by molar-refractivity contribution is 5.73. The van der Waals surface area contributed by atoms with Crippen LogP contribution in [-0.4, -0.2) is 29.4 Å². The fourth-order valence-electron chi connectivity index (χ4n) is 1.39. The van der Waals surface area contributed by atoms with E-state index in [2.05, 4.69) is 0 Å². The maximum atomic E-state index is 11.7. The van der Waals surface area contributed by atoms with Crippen molar-refractivity contribution in [3.8, 4) is 0 Å². The van der Waals surface area contributed by atoms with Crippen LogP contribution in [0.4, 0.5) is 0 Å². The Morgan fingerprint density at radius 2 is 1.88 bits per heavy atom. The number of hydrogen-bond donors (Lipinski definition) is 2. The molecule has 4 nitrogen and oxygen atoms in total. The third-order valence-electron chi connectivity index (χ3n) is 2.46. The number of carbonyl (C=O) groups is 1. The molecule has 0 saturated carbocycles. The molecule has 0 aromatic rings. The molecule has 0 heterocycles. The first-order valence-electron chi connectivity index (χ1n) is 5.66. The Kier molecular flexibility index (Phi) is 7.85. The molecule has 0 aromatic heterocycles. The van der Waals surface area contributed by atoms with Gasteiger partial charge in [0.25, 0.3) is 0 Å². The number of hydrogen-bond acceptors (Lipinski definition) is 4. The molecular formula is C12H22O4. The summed E-state index contributed by atoms with van der Waals surface area (Å²) in [6.07, 6.45) is 2.86. The van der Waals surface area contributed by atoms with Crippen molar-refractivity contribution in [2.45, 2.75) is 33.6 Å². The average Bonchev–Trinajstić information content (AvgIpc) is 2.26. The van der Waals surface area contributed by atoms with Crippen LogP contribution in [0.25, 0.3) is 0 Å². The second-order valence-electron chi connectivity index (χ2n) is 4.17. The van der Waals surface area contributed by atoms with Crippen LogP contribution in [0.2, 0.25) is 0 Å². The Balaban J connectivity index is 4.35. The van der Waals surface area contributed by atoms with Gasteiger partial charge in [-0.15, -0.1) is 0 Å². The van der Waals surface area contributed by atoms with Crippen molar-refractivity contribution in [2.24, 2.45) is 11.8 Å². The van der Waals surface area contributed by atoms with Crippen LogP contribution in [0.5, 0.6) is 0 Å². The monoisotopic (exact) mass is 230 g/mol. The van der Waals surface area contributed by atoms with Crippen molar-refractivity contribution < 1.29 is 19.7 Å². The van der Waals surface area contributed by atoms with E-state index in [1.165, 1.54) is 0 Å². The third-order valence-corrected chi connectivity index (χ3v) is 2.46. The van der Waals surface area contributed by atoms with Gasteiger partial charge in [0.2, 0.25) is 0 Å². The van der Waals surface area contributed by atoms with Crippen LogP contribution in [0.3, 0.4) is 0 Å². The van der Waals surface area contributed by atoms with E-state index in [0.29, 0.717) is 5.57 Å². The Morgan fingerprint density at radius 3 is 2.25 bits per heavy atom. The first kappa shape index (κ1) is 15.1. The van der Waals surface area contributed by atoms with E-state index in [9.17, 15) is 4.79 Å². The molecule has 0 aromatic carbocycles. The molecule has 0 aliphatic carbocycles. The van der Waals surface area contributed by atoms with Crippen LogP contribution >= 0.6 is 0 Å². The van der Waals surface area contributed by atoms with Crippen LogP contribution in [0.15, 0.2) is 11.8 Å². The maximum absolute atomic E-state index is 11.7. The van der Waals surface area contributed by atoms with Gasteiger partial charge in [0, 0.05) is 5.57 Å². The van der Waals surface area contributed by atoms with Crippen molar-refractivity contribution in [3.63, 3.8) is 0 Å². The highest BCUT2D eigenvalue weighted by Gasteiger charge is 2.22. The number of esters is 1. The first-order valence-corrected chi connectivity index (χ1v) is 5.66. The van der Waals surface area contributed by atoms with Crippen molar-refractivity contribution in [3.05, 3.63) is 11.8 Å². The van der Waals surface area contributed by atoms with Gasteiger partial charge in [-0.25, -0.2) is 0 Å². The highest BCUT2D eigenvalue weighted by Crippen LogP contribution is 2.19. The molecule has 0 spiro atoms. The molecule has 0 aliphatic rings. The lowest BCUT2D eigenvalue weighted by Gasteiger charge is -2.17. The SMILES string of the molecule is CCCC(C(=O)OC=C(CO)CO)C(C)C. The Bertz CT molecular complexity index is 227. The number of carbonyl (C=O) groups excluding carboxylic acids is 1. The summed E-state index contributed by atoms with van der Waals surface area (Å²) in [4.78, 5) is 11.7. The number of aliphatic hydroxyl groups is 2. The minimum absolute atomic E-state index is 0.125. The van der Waals surface area contributed by atoms with E-state index in [-0.39, 0.29) is 31.0 Å². The maximum Gasteiger partial charge on any atom is 0.313 e. The molecule has 16 heavy (non-hydrogen) atoms. The summed E-state index contributed by atoms with van der Waals surface area (Å²) in [5, 5.41) is 17.5. The average molecular weight is 230 g/mol. The topological polar surface area (TPSA) is 66.8 Å². The molecule has 0 radical (unpaired) electrons. The summed E-state index contributed by atoms with van der Waals surface area (Å²) in [5.74, 6) is -0.191. The number of ether oxygens (including phenoxy) is 1. The summed E-state index contributed by atoms with van der Waals surface area (Å²) >= 11 is 0. The Hall–Kier alpha value is -0.870. The molecule has 0 fully saturated rings. The zero-order chi connectivity index (χ0) is 12.6. The van der Waals surface area contributed by atoms with E-state index < -0.39 is 0 Å². The minimum atomic E-state index is -0.302. The van der Waals surface area contributed by atoms with Gasteiger partial charge >= 0.3 is 5.97 Å². The predicted molar refractivity (Wildman–Crippen MR) is 61.6 cm³/mol. The molecule has 0 aliphatic heterocycles. The fourth-order valence-corrected chi connectivity index (χ4v) is 1.39. The lowest BCUT2D eigenvalue weighted by Crippen LogP contribution is -2.21. The number of rotatable bonds is 7. The molecule has 1 unspecified atom stereocenters. The Morgan fingerprint density at radius 1 is 1.31 bits per heavy atom. The van der Waals surface area contributed by atoms with Gasteiger partial charge < -0.3 is 14.9 Å². The van der Waals surface area contributed by atoms with Gasteiger partial charge in [-0.3, -0.25) is 4.79 Å². The molecule has 0 saturated heterocycles. The molecule has 94 valence electrons. The van der Waals surface area contributed by atoms with Crippen molar-refractivity contribution in [2.75, 3.05) is 13.2 Å². The minimum Gasteiger partial charge on any atom is -0.434 e. The van der Waals surface area contributed by atoms with Crippen molar-refractivity contribution >= 4 is 5.97 Å². The van der Waals surface area contributed by atoms with Gasteiger partial charge in [0.1, 0.15) is 0 Å². The summed E-state index contributed by atoms with van der Waals surface area (Å²) in [7, 11) is 0. The lowest BCUT2D eigenvalue weighted by molar-refractivity contribution is -0.144. The van der Waals surface area contributed by atoms with Gasteiger partial charge in [-0.2, -0.15) is 0 Å². The zero-order valence-corrected chi connectivity index (χ0v) is 10.3. The third kappa shape index (κ3) is 5.28. The summed E-state index contributed by atoms with van der Waals surface area (Å²) in [5.41, 5.74) is 0.298. The fraction of sp³-hybridized carbons (Fsp3) is 0.750. The molecule has 4 heteroatoms. The molecule has 2 N–H and O–H groups in total. The van der Waals surface area contributed by atoms with E-state index in [4.69, 9.17) is 14.9 Å². The van der Waals surface area contributed by atoms with E-state index in [1.54, 1.807) is 0 Å². The summed E-state index contributed by atoms with van der Waals surface area (Å²) < 4.78 is 4.94. The van der Waals surface area contributed by atoms with Crippen LogP contribution < -0.4 is 0 Å². The highest BCUT2D eigenvalue weighted by atomic mass is 16.5. The van der Waals surface area contributed by atoms with Gasteiger partial charge in [0.05, 0.1) is 25.4 Å². The van der Waals surface area contributed by atoms with E-state index in [0.717, 1.165) is 19.1 Å². The quantitative estimate of drug-likeness (QED) is 0.513. The normalized spacial score (nSPS) is 12.4. The summed E-state index contributed by atoms with van der Waals surface area (Å²) in [6, 6.07) is 0.